The third kappa shape index (κ3) is 5.46. The van der Waals surface area contributed by atoms with Crippen LogP contribution in [0, 0.1) is 0 Å². The third-order valence-corrected chi connectivity index (χ3v) is 5.33. The van der Waals surface area contributed by atoms with E-state index in [0.717, 1.165) is 56.6 Å². The molecular weight excluding hydrogens is 378 g/mol. The first-order valence-corrected chi connectivity index (χ1v) is 10.1. The van der Waals surface area contributed by atoms with Crippen LogP contribution in [0.4, 0.5) is 14.6 Å². The van der Waals surface area contributed by atoms with Crippen LogP contribution in [0.2, 0.25) is 0 Å². The SMILES string of the molecule is O=C(O)C(F)(F)[C@@H](CCCCCCc1ccc2c(n1)NCCC2)c1cncnc1. The summed E-state index contributed by atoms with van der Waals surface area (Å²) in [5, 5.41) is 12.2. The minimum atomic E-state index is -3.84. The lowest BCUT2D eigenvalue weighted by Crippen LogP contribution is -2.35. The number of nitrogens with one attached hydrogen (secondary N) is 1. The van der Waals surface area contributed by atoms with Crippen molar-refractivity contribution in [2.24, 2.45) is 0 Å². The van der Waals surface area contributed by atoms with Crippen molar-refractivity contribution in [2.45, 2.75) is 63.2 Å². The van der Waals surface area contributed by atoms with Gasteiger partial charge in [0, 0.05) is 24.6 Å². The number of nitrogens with zero attached hydrogens (tertiary/aromatic N) is 3. The molecule has 3 rings (SSSR count). The Kier molecular flexibility index (Phi) is 7.06. The molecule has 29 heavy (non-hydrogen) atoms. The van der Waals surface area contributed by atoms with E-state index in [-0.39, 0.29) is 12.0 Å². The average molecular weight is 404 g/mol. The van der Waals surface area contributed by atoms with Crippen LogP contribution < -0.4 is 5.32 Å². The van der Waals surface area contributed by atoms with Crippen LogP contribution in [0.3, 0.4) is 0 Å². The van der Waals surface area contributed by atoms with E-state index in [1.807, 2.05) is 0 Å². The lowest BCUT2D eigenvalue weighted by Gasteiger charge is -2.23. The molecule has 156 valence electrons. The summed E-state index contributed by atoms with van der Waals surface area (Å²) in [6, 6.07) is 4.19. The summed E-state index contributed by atoms with van der Waals surface area (Å²) in [6.45, 7) is 0.956. The second-order valence-corrected chi connectivity index (χ2v) is 7.45. The Hall–Kier alpha value is -2.64. The lowest BCUT2D eigenvalue weighted by atomic mass is 9.89. The summed E-state index contributed by atoms with van der Waals surface area (Å²) in [4.78, 5) is 23.2. The number of unbranched alkanes of at least 4 members (excludes halogenated alkanes) is 3. The molecule has 3 heterocycles. The number of anilines is 1. The first kappa shape index (κ1) is 21.1. The normalized spacial score (nSPS) is 14.7. The molecule has 0 fully saturated rings. The minimum Gasteiger partial charge on any atom is -0.477 e. The van der Waals surface area contributed by atoms with Crippen molar-refractivity contribution in [3.8, 4) is 0 Å². The number of hydrogen-bond acceptors (Lipinski definition) is 5. The topological polar surface area (TPSA) is 88.0 Å². The Labute approximate surface area is 168 Å². The molecule has 1 atom stereocenters. The van der Waals surface area contributed by atoms with Gasteiger partial charge >= 0.3 is 11.9 Å². The smallest absolute Gasteiger partial charge is 0.375 e. The number of fused-ring (bicyclic) bond motifs is 1. The van der Waals surface area contributed by atoms with Gasteiger partial charge in [-0.15, -0.1) is 0 Å². The van der Waals surface area contributed by atoms with Crippen LogP contribution in [0.25, 0.3) is 0 Å². The fraction of sp³-hybridized carbons (Fsp3) is 0.524. The predicted octanol–water partition coefficient (Wildman–Crippen LogP) is 4.23. The van der Waals surface area contributed by atoms with E-state index in [1.54, 1.807) is 0 Å². The number of alkyl halides is 2. The standard InChI is InChI=1S/C21H26F2N4O2/c22-21(23,20(28)29)18(16-12-24-14-25-13-16)8-4-2-1-3-7-17-10-9-15-6-5-11-26-19(15)27-17/h9-10,12-14,18H,1-8,11H2,(H,26,27)(H,28,29)/t18-/m0/s1. The molecule has 2 aromatic heterocycles. The molecule has 0 aromatic carbocycles. The van der Waals surface area contributed by atoms with Crippen molar-refractivity contribution < 1.29 is 18.7 Å². The first-order chi connectivity index (χ1) is 14.0. The van der Waals surface area contributed by atoms with Gasteiger partial charge in [-0.3, -0.25) is 0 Å². The van der Waals surface area contributed by atoms with Crippen LogP contribution in [-0.4, -0.2) is 38.5 Å². The maximum atomic E-state index is 14.2. The van der Waals surface area contributed by atoms with E-state index >= 15 is 0 Å². The monoisotopic (exact) mass is 404 g/mol. The molecule has 0 spiro atoms. The van der Waals surface area contributed by atoms with Crippen molar-refractivity contribution >= 4 is 11.8 Å². The number of carbonyl (C=O) groups is 1. The van der Waals surface area contributed by atoms with Crippen LogP contribution in [-0.2, 0) is 17.6 Å². The molecule has 0 saturated carbocycles. The lowest BCUT2D eigenvalue weighted by molar-refractivity contribution is -0.168. The molecule has 1 aliphatic heterocycles. The Balaban J connectivity index is 1.46. The number of aryl methyl sites for hydroxylation is 2. The van der Waals surface area contributed by atoms with Gasteiger partial charge in [-0.1, -0.05) is 25.3 Å². The van der Waals surface area contributed by atoms with Gasteiger partial charge in [0.25, 0.3) is 0 Å². The van der Waals surface area contributed by atoms with E-state index in [1.165, 1.54) is 24.3 Å². The molecule has 2 aromatic rings. The zero-order chi connectivity index (χ0) is 20.7. The van der Waals surface area contributed by atoms with Gasteiger partial charge in [-0.25, -0.2) is 19.7 Å². The van der Waals surface area contributed by atoms with Crippen molar-refractivity contribution in [3.63, 3.8) is 0 Å². The number of pyridine rings is 1. The number of aromatic nitrogens is 3. The van der Waals surface area contributed by atoms with Crippen LogP contribution >= 0.6 is 0 Å². The molecule has 0 radical (unpaired) electrons. The van der Waals surface area contributed by atoms with Crippen molar-refractivity contribution in [3.05, 3.63) is 47.7 Å². The van der Waals surface area contributed by atoms with Gasteiger partial charge in [0.1, 0.15) is 12.1 Å². The molecule has 0 bridgehead atoms. The fourth-order valence-electron chi connectivity index (χ4n) is 3.71. The Morgan fingerprint density at radius 1 is 1.17 bits per heavy atom. The highest BCUT2D eigenvalue weighted by Crippen LogP contribution is 2.37. The van der Waals surface area contributed by atoms with E-state index in [0.29, 0.717) is 6.42 Å². The van der Waals surface area contributed by atoms with Crippen molar-refractivity contribution in [1.82, 2.24) is 15.0 Å². The number of carboxylic acids is 1. The van der Waals surface area contributed by atoms with Gasteiger partial charge in [0.15, 0.2) is 0 Å². The molecule has 0 unspecified atom stereocenters. The Morgan fingerprint density at radius 3 is 2.69 bits per heavy atom. The Morgan fingerprint density at radius 2 is 1.93 bits per heavy atom. The summed E-state index contributed by atoms with van der Waals surface area (Å²) in [6.07, 6.45) is 9.95. The largest absolute Gasteiger partial charge is 0.477 e. The van der Waals surface area contributed by atoms with Gasteiger partial charge < -0.3 is 10.4 Å². The first-order valence-electron chi connectivity index (χ1n) is 10.1. The van der Waals surface area contributed by atoms with E-state index in [4.69, 9.17) is 5.11 Å². The summed E-state index contributed by atoms with van der Waals surface area (Å²) >= 11 is 0. The average Bonchev–Trinajstić information content (AvgIpc) is 2.73. The fourth-order valence-corrected chi connectivity index (χ4v) is 3.71. The zero-order valence-corrected chi connectivity index (χ0v) is 16.3. The number of hydrogen-bond donors (Lipinski definition) is 2. The number of rotatable bonds is 10. The number of halogens is 2. The van der Waals surface area contributed by atoms with E-state index in [2.05, 4.69) is 32.4 Å². The highest BCUT2D eigenvalue weighted by molar-refractivity contribution is 5.76. The number of carboxylic acid groups (broad SMARTS) is 1. The summed E-state index contributed by atoms with van der Waals surface area (Å²) < 4.78 is 28.3. The second kappa shape index (κ2) is 9.71. The van der Waals surface area contributed by atoms with Crippen molar-refractivity contribution in [1.29, 1.82) is 0 Å². The number of aliphatic carboxylic acids is 1. The summed E-state index contributed by atoms with van der Waals surface area (Å²) in [5.41, 5.74) is 2.45. The molecule has 0 saturated heterocycles. The highest BCUT2D eigenvalue weighted by atomic mass is 19.3. The molecule has 0 amide bonds. The molecular formula is C21H26F2N4O2. The second-order valence-electron chi connectivity index (χ2n) is 7.45. The maximum Gasteiger partial charge on any atom is 0.375 e. The van der Waals surface area contributed by atoms with E-state index < -0.39 is 17.8 Å². The minimum absolute atomic E-state index is 0.0771. The summed E-state index contributed by atoms with van der Waals surface area (Å²) in [5.74, 6) is -6.39. The molecule has 8 heteroatoms. The maximum absolute atomic E-state index is 14.2. The van der Waals surface area contributed by atoms with Gasteiger partial charge in [0.2, 0.25) is 0 Å². The van der Waals surface area contributed by atoms with Crippen molar-refractivity contribution in [2.75, 3.05) is 11.9 Å². The quantitative estimate of drug-likeness (QED) is 0.576. The predicted molar refractivity (Wildman–Crippen MR) is 105 cm³/mol. The van der Waals surface area contributed by atoms with Crippen LogP contribution in [0.5, 0.6) is 0 Å². The third-order valence-electron chi connectivity index (χ3n) is 5.33. The van der Waals surface area contributed by atoms with Gasteiger partial charge in [-0.05, 0) is 49.3 Å². The van der Waals surface area contributed by atoms with Gasteiger partial charge in [0.05, 0.1) is 5.92 Å². The zero-order valence-electron chi connectivity index (χ0n) is 16.3. The Bertz CT molecular complexity index is 818. The molecule has 2 N–H and O–H groups in total. The van der Waals surface area contributed by atoms with Crippen LogP contribution in [0.1, 0.15) is 61.3 Å². The molecule has 0 aliphatic carbocycles. The van der Waals surface area contributed by atoms with E-state index in [9.17, 15) is 13.6 Å². The molecule has 1 aliphatic rings. The molecule has 6 nitrogen and oxygen atoms in total. The van der Waals surface area contributed by atoms with Crippen LogP contribution in [0.15, 0.2) is 30.9 Å². The van der Waals surface area contributed by atoms with Gasteiger partial charge in [-0.2, -0.15) is 8.78 Å². The summed E-state index contributed by atoms with van der Waals surface area (Å²) in [7, 11) is 0. The highest BCUT2D eigenvalue weighted by Gasteiger charge is 2.48.